The maximum atomic E-state index is 12.2. The fraction of sp³-hybridized carbons (Fsp3) is 0.700. The van der Waals surface area contributed by atoms with Crippen LogP contribution >= 0.6 is 0 Å². The van der Waals surface area contributed by atoms with Crippen molar-refractivity contribution >= 4 is 11.7 Å². The Balaban J connectivity index is 2.13. The molecule has 2 aliphatic carbocycles. The number of Topliss-reactive ketones (excluding diaryl/α,β-unsaturated/α-hetero) is 1. The first-order valence-electron chi connectivity index (χ1n) is 9.45. The summed E-state index contributed by atoms with van der Waals surface area (Å²) >= 11 is 0. The van der Waals surface area contributed by atoms with Crippen LogP contribution < -0.4 is 5.32 Å². The molecule has 6 heteroatoms. The van der Waals surface area contributed by atoms with Gasteiger partial charge in [0.05, 0.1) is 18.8 Å². The molecule has 0 spiro atoms. The van der Waals surface area contributed by atoms with Gasteiger partial charge in [0.2, 0.25) is 0 Å². The van der Waals surface area contributed by atoms with Crippen molar-refractivity contribution in [3.05, 3.63) is 23.0 Å². The molecule has 3 N–H and O–H groups in total. The third-order valence-electron chi connectivity index (χ3n) is 6.55. The number of hydrogen-bond donors (Lipinski definition) is 3. The number of fused-ring (bicyclic) bond motifs is 1. The first kappa shape index (κ1) is 19.1. The van der Waals surface area contributed by atoms with Crippen LogP contribution in [-0.2, 0) is 14.3 Å². The minimum absolute atomic E-state index is 0.00297. The van der Waals surface area contributed by atoms with Gasteiger partial charge in [0, 0.05) is 18.9 Å². The molecule has 0 aromatic rings. The van der Waals surface area contributed by atoms with Gasteiger partial charge in [-0.15, -0.1) is 0 Å². The number of methoxy groups -OCH3 is 1. The molecule has 1 saturated carbocycles. The Morgan fingerprint density at radius 1 is 1.38 bits per heavy atom. The van der Waals surface area contributed by atoms with Gasteiger partial charge >= 0.3 is 0 Å². The third kappa shape index (κ3) is 2.89. The highest BCUT2D eigenvalue weighted by Gasteiger charge is 2.52. The second kappa shape index (κ2) is 7.16. The number of aliphatic hydroxyl groups is 2. The smallest absolute Gasteiger partial charge is 0.258 e. The van der Waals surface area contributed by atoms with E-state index in [1.54, 1.807) is 7.11 Å². The molecule has 3 rings (SSSR count). The first-order valence-corrected chi connectivity index (χ1v) is 9.45. The Bertz CT molecular complexity index is 649. The van der Waals surface area contributed by atoms with Gasteiger partial charge in [-0.3, -0.25) is 9.59 Å². The maximum absolute atomic E-state index is 12.2. The van der Waals surface area contributed by atoms with Crippen molar-refractivity contribution < 1.29 is 24.5 Å². The van der Waals surface area contributed by atoms with Gasteiger partial charge in [0.15, 0.2) is 5.78 Å². The van der Waals surface area contributed by atoms with E-state index in [4.69, 9.17) is 4.74 Å². The second-order valence-electron chi connectivity index (χ2n) is 7.96. The number of carbonyl (C=O) groups is 2. The summed E-state index contributed by atoms with van der Waals surface area (Å²) in [5, 5.41) is 24.2. The molecule has 0 radical (unpaired) electrons. The lowest BCUT2D eigenvalue weighted by Gasteiger charge is -2.50. The van der Waals surface area contributed by atoms with Crippen molar-refractivity contribution in [3.8, 4) is 0 Å². The van der Waals surface area contributed by atoms with Crippen LogP contribution in [0.2, 0.25) is 0 Å². The second-order valence-corrected chi connectivity index (χ2v) is 7.96. The molecule has 3 aliphatic rings. The Hall–Kier alpha value is -1.66. The highest BCUT2D eigenvalue weighted by molar-refractivity contribution is 6.25. The quantitative estimate of drug-likeness (QED) is 0.307. The molecule has 7 atom stereocenters. The molecule has 144 valence electrons. The monoisotopic (exact) mass is 363 g/mol. The highest BCUT2D eigenvalue weighted by atomic mass is 16.5. The van der Waals surface area contributed by atoms with Gasteiger partial charge in [0.1, 0.15) is 11.3 Å². The standard InChI is InChI=1S/C20H29NO5/c1-5-12-9(2)6-11-7-10(3)17(23)19(26-4)14(11)15(12)18(24)16-13(22)8-21-20(16)25/h6,10-12,14-15,17,19,23-24H,5,7-8H2,1-4H3,(H,21,25)/b18-16+/t10-,11+,12+,14-,15?,17?,19+/m0/s1. The number of aliphatic hydroxyl groups excluding tert-OH is 2. The van der Waals surface area contributed by atoms with E-state index in [9.17, 15) is 19.8 Å². The molecule has 2 unspecified atom stereocenters. The van der Waals surface area contributed by atoms with Gasteiger partial charge in [-0.25, -0.2) is 0 Å². The van der Waals surface area contributed by atoms with E-state index < -0.39 is 24.0 Å². The van der Waals surface area contributed by atoms with Crippen molar-refractivity contribution in [1.29, 1.82) is 0 Å². The summed E-state index contributed by atoms with van der Waals surface area (Å²) in [6, 6.07) is 0. The molecule has 0 aromatic carbocycles. The zero-order chi connectivity index (χ0) is 19.2. The molecule has 1 amide bonds. The highest BCUT2D eigenvalue weighted by Crippen LogP contribution is 2.51. The number of nitrogens with one attached hydrogen (secondary N) is 1. The summed E-state index contributed by atoms with van der Waals surface area (Å²) in [4.78, 5) is 24.3. The van der Waals surface area contributed by atoms with E-state index in [1.807, 2.05) is 20.8 Å². The van der Waals surface area contributed by atoms with Gasteiger partial charge < -0.3 is 20.3 Å². The molecule has 2 fully saturated rings. The van der Waals surface area contributed by atoms with Crippen LogP contribution in [0.4, 0.5) is 0 Å². The molecular formula is C20H29NO5. The van der Waals surface area contributed by atoms with Crippen LogP contribution in [0.25, 0.3) is 0 Å². The molecule has 1 saturated heterocycles. The molecular weight excluding hydrogens is 334 g/mol. The van der Waals surface area contributed by atoms with Crippen LogP contribution in [-0.4, -0.2) is 47.8 Å². The summed E-state index contributed by atoms with van der Waals surface area (Å²) in [6.07, 6.45) is 2.70. The SMILES string of the molecule is CC[C@@H]1C(C)=C[C@@H]2C[C@H](C)C(O)[C@H](OC)[C@@H]2C1/C(O)=C1/C(=O)CNC1=O. The number of ether oxygens (including phenoxy) is 1. The summed E-state index contributed by atoms with van der Waals surface area (Å²) < 4.78 is 5.67. The van der Waals surface area contributed by atoms with Crippen LogP contribution in [0.1, 0.15) is 33.6 Å². The van der Waals surface area contributed by atoms with Crippen molar-refractivity contribution in [2.24, 2.45) is 29.6 Å². The van der Waals surface area contributed by atoms with E-state index >= 15 is 0 Å². The zero-order valence-electron chi connectivity index (χ0n) is 15.9. The van der Waals surface area contributed by atoms with Crippen molar-refractivity contribution in [1.82, 2.24) is 5.32 Å². The van der Waals surface area contributed by atoms with E-state index in [-0.39, 0.29) is 47.3 Å². The van der Waals surface area contributed by atoms with E-state index in [0.717, 1.165) is 18.4 Å². The van der Waals surface area contributed by atoms with Crippen molar-refractivity contribution in [2.75, 3.05) is 13.7 Å². The van der Waals surface area contributed by atoms with Crippen molar-refractivity contribution in [3.63, 3.8) is 0 Å². The number of hydrogen-bond acceptors (Lipinski definition) is 5. The van der Waals surface area contributed by atoms with E-state index in [0.29, 0.717) is 0 Å². The molecule has 1 aliphatic heterocycles. The van der Waals surface area contributed by atoms with Crippen molar-refractivity contribution in [2.45, 2.75) is 45.8 Å². The third-order valence-corrected chi connectivity index (χ3v) is 6.55. The van der Waals surface area contributed by atoms with Crippen LogP contribution in [0.3, 0.4) is 0 Å². The lowest BCUT2D eigenvalue weighted by Crippen LogP contribution is -2.53. The summed E-state index contributed by atoms with van der Waals surface area (Å²) in [5.41, 5.74) is 1.04. The predicted octanol–water partition coefficient (Wildman–Crippen LogP) is 1.75. The number of rotatable bonds is 3. The summed E-state index contributed by atoms with van der Waals surface area (Å²) in [7, 11) is 1.57. The average molecular weight is 363 g/mol. The van der Waals surface area contributed by atoms with Crippen LogP contribution in [0.5, 0.6) is 0 Å². The summed E-state index contributed by atoms with van der Waals surface area (Å²) in [6.45, 7) is 6.01. The summed E-state index contributed by atoms with van der Waals surface area (Å²) in [5.74, 6) is -1.39. The normalized spacial score (nSPS) is 42.2. The lowest BCUT2D eigenvalue weighted by molar-refractivity contribution is -0.129. The average Bonchev–Trinajstić information content (AvgIpc) is 2.93. The molecule has 0 bridgehead atoms. The molecule has 26 heavy (non-hydrogen) atoms. The Morgan fingerprint density at radius 3 is 2.62 bits per heavy atom. The zero-order valence-corrected chi connectivity index (χ0v) is 15.9. The fourth-order valence-corrected chi connectivity index (χ4v) is 5.32. The lowest BCUT2D eigenvalue weighted by atomic mass is 9.57. The van der Waals surface area contributed by atoms with Gasteiger partial charge in [-0.1, -0.05) is 25.5 Å². The van der Waals surface area contributed by atoms with E-state index in [1.165, 1.54) is 0 Å². The Kier molecular flexibility index (Phi) is 5.26. The van der Waals surface area contributed by atoms with Gasteiger partial charge in [-0.2, -0.15) is 0 Å². The molecule has 1 heterocycles. The fourth-order valence-electron chi connectivity index (χ4n) is 5.32. The maximum Gasteiger partial charge on any atom is 0.258 e. The minimum Gasteiger partial charge on any atom is -0.511 e. The Labute approximate surface area is 154 Å². The Morgan fingerprint density at radius 2 is 2.08 bits per heavy atom. The molecule has 0 aromatic heterocycles. The first-order chi connectivity index (χ1) is 12.3. The van der Waals surface area contributed by atoms with Crippen LogP contribution in [0, 0.1) is 29.6 Å². The largest absolute Gasteiger partial charge is 0.511 e. The van der Waals surface area contributed by atoms with Gasteiger partial charge in [0.25, 0.3) is 5.91 Å². The predicted molar refractivity (Wildman–Crippen MR) is 96.3 cm³/mol. The number of amides is 1. The minimum atomic E-state index is -0.640. The van der Waals surface area contributed by atoms with Crippen LogP contribution in [0.15, 0.2) is 23.0 Å². The number of carbonyl (C=O) groups excluding carboxylic acids is 2. The topological polar surface area (TPSA) is 95.9 Å². The number of allylic oxidation sites excluding steroid dienone is 3. The van der Waals surface area contributed by atoms with E-state index in [2.05, 4.69) is 11.4 Å². The molecule has 6 nitrogen and oxygen atoms in total. The van der Waals surface area contributed by atoms with Gasteiger partial charge in [-0.05, 0) is 37.5 Å². The number of ketones is 1.